The van der Waals surface area contributed by atoms with Crippen molar-refractivity contribution >= 4 is 5.82 Å². The van der Waals surface area contributed by atoms with Crippen LogP contribution in [0.15, 0.2) is 12.3 Å². The van der Waals surface area contributed by atoms with E-state index in [9.17, 15) is 4.39 Å². The number of nitrogens with one attached hydrogen (secondary N) is 1. The van der Waals surface area contributed by atoms with E-state index in [1.54, 1.807) is 6.07 Å². The second-order valence-corrected chi connectivity index (χ2v) is 5.95. The standard InChI is InChI=1S/C16H26FN3/c1-4-18-10-13-9-14(17)11-19-16(13)20(3)15-7-5-6-12(2)8-15/h9,11-12,15,18H,4-8,10H2,1-3H3. The van der Waals surface area contributed by atoms with Gasteiger partial charge in [-0.05, 0) is 31.4 Å². The van der Waals surface area contributed by atoms with Crippen LogP contribution in [-0.4, -0.2) is 24.6 Å². The molecule has 20 heavy (non-hydrogen) atoms. The Morgan fingerprint density at radius 2 is 2.25 bits per heavy atom. The van der Waals surface area contributed by atoms with E-state index in [-0.39, 0.29) is 5.82 Å². The molecule has 0 spiro atoms. The zero-order chi connectivity index (χ0) is 14.5. The van der Waals surface area contributed by atoms with Crippen molar-refractivity contribution < 1.29 is 4.39 Å². The SMILES string of the molecule is CCNCc1cc(F)cnc1N(C)C1CCCC(C)C1. The first-order valence-electron chi connectivity index (χ1n) is 7.69. The van der Waals surface area contributed by atoms with Crippen LogP contribution in [0.1, 0.15) is 45.1 Å². The van der Waals surface area contributed by atoms with Crippen LogP contribution >= 0.6 is 0 Å². The summed E-state index contributed by atoms with van der Waals surface area (Å²) < 4.78 is 13.4. The van der Waals surface area contributed by atoms with Crippen LogP contribution in [0.5, 0.6) is 0 Å². The topological polar surface area (TPSA) is 28.2 Å². The summed E-state index contributed by atoms with van der Waals surface area (Å²) in [5, 5.41) is 3.27. The van der Waals surface area contributed by atoms with Crippen LogP contribution in [0.4, 0.5) is 10.2 Å². The van der Waals surface area contributed by atoms with Crippen LogP contribution < -0.4 is 10.2 Å². The van der Waals surface area contributed by atoms with Crippen molar-refractivity contribution in [2.75, 3.05) is 18.5 Å². The van der Waals surface area contributed by atoms with Gasteiger partial charge in [-0.1, -0.05) is 26.7 Å². The van der Waals surface area contributed by atoms with Gasteiger partial charge in [0.1, 0.15) is 11.6 Å². The number of aromatic nitrogens is 1. The smallest absolute Gasteiger partial charge is 0.141 e. The highest BCUT2D eigenvalue weighted by Gasteiger charge is 2.24. The third kappa shape index (κ3) is 3.69. The number of nitrogens with zero attached hydrogens (tertiary/aromatic N) is 2. The van der Waals surface area contributed by atoms with Gasteiger partial charge in [0, 0.05) is 25.2 Å². The first-order chi connectivity index (χ1) is 9.61. The second-order valence-electron chi connectivity index (χ2n) is 5.95. The molecule has 0 bridgehead atoms. The third-order valence-corrected chi connectivity index (χ3v) is 4.27. The number of hydrogen-bond acceptors (Lipinski definition) is 3. The maximum atomic E-state index is 13.4. The van der Waals surface area contributed by atoms with E-state index >= 15 is 0 Å². The maximum Gasteiger partial charge on any atom is 0.141 e. The fourth-order valence-corrected chi connectivity index (χ4v) is 3.11. The van der Waals surface area contributed by atoms with Gasteiger partial charge in [-0.3, -0.25) is 0 Å². The molecule has 2 atom stereocenters. The number of hydrogen-bond donors (Lipinski definition) is 1. The molecule has 1 saturated carbocycles. The molecule has 2 unspecified atom stereocenters. The molecule has 0 radical (unpaired) electrons. The van der Waals surface area contributed by atoms with E-state index < -0.39 is 0 Å². The summed E-state index contributed by atoms with van der Waals surface area (Å²) >= 11 is 0. The van der Waals surface area contributed by atoms with Gasteiger partial charge in [0.25, 0.3) is 0 Å². The summed E-state index contributed by atoms with van der Waals surface area (Å²) in [6.45, 7) is 5.92. The zero-order valence-electron chi connectivity index (χ0n) is 12.8. The average Bonchev–Trinajstić information content (AvgIpc) is 2.44. The highest BCUT2D eigenvalue weighted by Crippen LogP contribution is 2.30. The fraction of sp³-hybridized carbons (Fsp3) is 0.688. The lowest BCUT2D eigenvalue weighted by atomic mass is 9.86. The Morgan fingerprint density at radius 3 is 2.95 bits per heavy atom. The molecule has 0 saturated heterocycles. The quantitative estimate of drug-likeness (QED) is 0.896. The maximum absolute atomic E-state index is 13.4. The molecule has 1 aliphatic rings. The van der Waals surface area contributed by atoms with Gasteiger partial charge in [0.05, 0.1) is 6.20 Å². The Morgan fingerprint density at radius 1 is 1.45 bits per heavy atom. The summed E-state index contributed by atoms with van der Waals surface area (Å²) in [4.78, 5) is 6.59. The van der Waals surface area contributed by atoms with Gasteiger partial charge in [-0.25, -0.2) is 9.37 Å². The summed E-state index contributed by atoms with van der Waals surface area (Å²) in [7, 11) is 2.10. The molecule has 0 amide bonds. The van der Waals surface area contributed by atoms with Crippen LogP contribution in [0.3, 0.4) is 0 Å². The van der Waals surface area contributed by atoms with Gasteiger partial charge >= 0.3 is 0 Å². The molecule has 112 valence electrons. The molecule has 3 nitrogen and oxygen atoms in total. The highest BCUT2D eigenvalue weighted by atomic mass is 19.1. The molecule has 2 rings (SSSR count). The van der Waals surface area contributed by atoms with Crippen molar-refractivity contribution in [3.05, 3.63) is 23.6 Å². The summed E-state index contributed by atoms with van der Waals surface area (Å²) in [5.74, 6) is 1.44. The molecule has 0 aromatic carbocycles. The van der Waals surface area contributed by atoms with Gasteiger partial charge in [0.2, 0.25) is 0 Å². The van der Waals surface area contributed by atoms with E-state index in [2.05, 4.69) is 36.1 Å². The van der Waals surface area contributed by atoms with Gasteiger partial charge in [-0.2, -0.15) is 0 Å². The van der Waals surface area contributed by atoms with Crippen LogP contribution in [0, 0.1) is 11.7 Å². The summed E-state index contributed by atoms with van der Waals surface area (Å²) in [6, 6.07) is 2.13. The Balaban J connectivity index is 2.17. The van der Waals surface area contributed by atoms with Crippen molar-refractivity contribution in [3.8, 4) is 0 Å². The van der Waals surface area contributed by atoms with Crippen LogP contribution in [-0.2, 0) is 6.54 Å². The predicted molar refractivity (Wildman–Crippen MR) is 81.4 cm³/mol. The van der Waals surface area contributed by atoms with Gasteiger partial charge in [0.15, 0.2) is 0 Å². The monoisotopic (exact) mass is 279 g/mol. The minimum atomic E-state index is -0.257. The number of rotatable bonds is 5. The molecule has 1 N–H and O–H groups in total. The lowest BCUT2D eigenvalue weighted by Crippen LogP contribution is -2.37. The van der Waals surface area contributed by atoms with E-state index in [1.807, 2.05) is 0 Å². The van der Waals surface area contributed by atoms with Crippen molar-refractivity contribution in [2.45, 2.75) is 52.1 Å². The van der Waals surface area contributed by atoms with E-state index in [1.165, 1.54) is 31.9 Å². The Bertz CT molecular complexity index is 436. The largest absolute Gasteiger partial charge is 0.356 e. The third-order valence-electron chi connectivity index (χ3n) is 4.27. The van der Waals surface area contributed by atoms with Crippen molar-refractivity contribution in [2.24, 2.45) is 5.92 Å². The van der Waals surface area contributed by atoms with Crippen molar-refractivity contribution in [1.29, 1.82) is 0 Å². The van der Waals surface area contributed by atoms with Crippen molar-refractivity contribution in [3.63, 3.8) is 0 Å². The summed E-state index contributed by atoms with van der Waals surface area (Å²) in [5.41, 5.74) is 0.951. The minimum Gasteiger partial charge on any atom is -0.356 e. The van der Waals surface area contributed by atoms with Gasteiger partial charge in [-0.15, -0.1) is 0 Å². The Hall–Kier alpha value is -1.16. The zero-order valence-corrected chi connectivity index (χ0v) is 12.8. The normalized spacial score (nSPS) is 22.8. The number of anilines is 1. The molecule has 1 heterocycles. The number of halogens is 1. The van der Waals surface area contributed by atoms with Crippen molar-refractivity contribution in [1.82, 2.24) is 10.3 Å². The van der Waals surface area contributed by atoms with Gasteiger partial charge < -0.3 is 10.2 Å². The first-order valence-corrected chi connectivity index (χ1v) is 7.69. The fourth-order valence-electron chi connectivity index (χ4n) is 3.11. The molecule has 1 aromatic rings. The minimum absolute atomic E-state index is 0.257. The van der Waals surface area contributed by atoms with Crippen LogP contribution in [0.25, 0.3) is 0 Å². The molecular weight excluding hydrogens is 253 g/mol. The van der Waals surface area contributed by atoms with E-state index in [0.29, 0.717) is 12.6 Å². The summed E-state index contributed by atoms with van der Waals surface area (Å²) in [6.07, 6.45) is 6.34. The Kier molecular flexibility index (Phi) is 5.35. The molecule has 1 aliphatic carbocycles. The highest BCUT2D eigenvalue weighted by molar-refractivity contribution is 5.47. The van der Waals surface area contributed by atoms with Crippen LogP contribution in [0.2, 0.25) is 0 Å². The molecule has 0 aliphatic heterocycles. The molecule has 1 fully saturated rings. The molecular formula is C16H26FN3. The predicted octanol–water partition coefficient (Wildman–Crippen LogP) is 3.35. The number of pyridine rings is 1. The second kappa shape index (κ2) is 7.02. The van der Waals surface area contributed by atoms with E-state index in [0.717, 1.165) is 23.8 Å². The first kappa shape index (κ1) is 15.2. The van der Waals surface area contributed by atoms with E-state index in [4.69, 9.17) is 0 Å². The Labute approximate surface area is 121 Å². The molecule has 4 heteroatoms. The lowest BCUT2D eigenvalue weighted by molar-refractivity contribution is 0.335. The average molecular weight is 279 g/mol. The molecule has 1 aromatic heterocycles. The lowest BCUT2D eigenvalue weighted by Gasteiger charge is -2.35.